The zero-order valence-corrected chi connectivity index (χ0v) is 22.5. The van der Waals surface area contributed by atoms with Crippen LogP contribution in [0.2, 0.25) is 0.0125 Å². The quantitative estimate of drug-likeness (QED) is 0.0923. The molecule has 0 aromatic rings. The fourth-order valence-corrected chi connectivity index (χ4v) is 4.61. The normalized spacial score (nSPS) is 14.2. The van der Waals surface area contributed by atoms with Crippen LogP contribution in [0, 0.1) is 0 Å². The topological polar surface area (TPSA) is 89.9 Å². The molecule has 2 unspecified atom stereocenters. The molecule has 166 valence electrons. The van der Waals surface area contributed by atoms with Gasteiger partial charge in [0, 0.05) is 0 Å². The third kappa shape index (κ3) is 23.2. The van der Waals surface area contributed by atoms with Crippen molar-refractivity contribution in [1.82, 2.24) is 0 Å². The molecule has 0 aliphatic rings. The number of carbonyl (C=O) groups is 1. The fourth-order valence-electron chi connectivity index (χ4n) is 3.08. The summed E-state index contributed by atoms with van der Waals surface area (Å²) in [5, 5.41) is 0. The first-order valence-electron chi connectivity index (χ1n) is 11.2. The van der Waals surface area contributed by atoms with Gasteiger partial charge in [0.05, 0.1) is 0 Å². The molecule has 0 radical (unpaired) electrons. The van der Waals surface area contributed by atoms with Crippen LogP contribution in [-0.2, 0) is 24.1 Å². The summed E-state index contributed by atoms with van der Waals surface area (Å²) in [4.78, 5) is 11.9. The van der Waals surface area contributed by atoms with E-state index in [0.29, 0.717) is 55.4 Å². The van der Waals surface area contributed by atoms with Crippen LogP contribution in [0.25, 0.3) is 0 Å². The van der Waals surface area contributed by atoms with Crippen molar-refractivity contribution in [2.75, 3.05) is 6.61 Å². The van der Waals surface area contributed by atoms with Gasteiger partial charge in [0.15, 0.2) is 0 Å². The van der Waals surface area contributed by atoms with E-state index < -0.39 is 16.5 Å². The first-order chi connectivity index (χ1) is 13.7. The van der Waals surface area contributed by atoms with Crippen LogP contribution >= 0.6 is 0 Å². The predicted molar refractivity (Wildman–Crippen MR) is 117 cm³/mol. The van der Waals surface area contributed by atoms with E-state index in [9.17, 15) is 13.2 Å². The zero-order chi connectivity index (χ0) is 22.0. The minimum atomic E-state index is -4.50. The molecule has 0 bridgehead atoms. The van der Waals surface area contributed by atoms with Crippen molar-refractivity contribution in [2.45, 2.75) is 103 Å². The summed E-state index contributed by atoms with van der Waals surface area (Å²) in [6, 6.07) is 0. The van der Waals surface area contributed by atoms with Crippen LogP contribution in [0.15, 0.2) is 12.2 Å². The van der Waals surface area contributed by atoms with E-state index in [1.165, 1.54) is 64.7 Å². The molecule has 29 heavy (non-hydrogen) atoms. The van der Waals surface area contributed by atoms with Crippen molar-refractivity contribution in [3.63, 3.8) is 0 Å². The van der Waals surface area contributed by atoms with Crippen LogP contribution in [0.5, 0.6) is 0 Å². The Balaban J connectivity index is 3.58. The second kappa shape index (κ2) is 19.4. The van der Waals surface area contributed by atoms with Gasteiger partial charge in [-0.3, -0.25) is 0 Å². The van der Waals surface area contributed by atoms with Gasteiger partial charge in [-0.15, -0.1) is 0 Å². The Bertz CT molecular complexity index is 535. The van der Waals surface area contributed by atoms with Crippen LogP contribution in [-0.4, -0.2) is 80.6 Å². The number of rotatable bonds is 19. The summed E-state index contributed by atoms with van der Waals surface area (Å²) in [7, 11) is -4.50. The average molecular weight is 459 g/mol. The summed E-state index contributed by atoms with van der Waals surface area (Å²) in [6.07, 6.45) is 19.3. The fraction of sp³-hybridized carbons (Fsp3) is 0.857. The number of hydrogen-bond acceptors (Lipinski definition) is 5. The van der Waals surface area contributed by atoms with Crippen molar-refractivity contribution in [2.24, 2.45) is 0 Å². The van der Waals surface area contributed by atoms with Crippen LogP contribution in [0.4, 0.5) is 0 Å². The molecule has 0 amide bonds. The summed E-state index contributed by atoms with van der Waals surface area (Å²) in [5.74, 6) is -0.327. The first kappa shape index (κ1) is 29.7. The summed E-state index contributed by atoms with van der Waals surface area (Å²) < 4.78 is 39.2. The van der Waals surface area contributed by atoms with Crippen molar-refractivity contribution < 1.29 is 26.7 Å². The molecule has 2 atom stereocenters. The third-order valence-electron chi connectivity index (χ3n) is 4.76. The van der Waals surface area contributed by atoms with Crippen LogP contribution in [0.3, 0.4) is 0 Å². The summed E-state index contributed by atoms with van der Waals surface area (Å²) in [6.45, 7) is 3.42. The monoisotopic (exact) mass is 458 g/mol. The van der Waals surface area contributed by atoms with Gasteiger partial charge in [0.2, 0.25) is 0 Å². The Morgan fingerprint density at radius 1 is 1.00 bits per heavy atom. The minimum absolute atomic E-state index is 0.327. The molecule has 0 rings (SSSR count). The van der Waals surface area contributed by atoms with Gasteiger partial charge in [0.25, 0.3) is 0 Å². The Morgan fingerprint density at radius 3 is 2.14 bits per heavy atom. The molecule has 0 saturated carbocycles. The van der Waals surface area contributed by atoms with Gasteiger partial charge in [-0.1, -0.05) is 26.2 Å². The van der Waals surface area contributed by atoms with Gasteiger partial charge < -0.3 is 0 Å². The maximum atomic E-state index is 11.9. The Kier molecular flexibility index (Phi) is 19.9. The van der Waals surface area contributed by atoms with Gasteiger partial charge >= 0.3 is 188 Å². The Labute approximate surface area is 212 Å². The molecule has 1 N–H and O–H groups in total. The molecule has 0 saturated heterocycles. The molecule has 0 aliphatic heterocycles. The van der Waals surface area contributed by atoms with Crippen LogP contribution < -0.4 is 0 Å². The van der Waals surface area contributed by atoms with E-state index in [1.54, 1.807) is 0 Å². The van der Waals surface area contributed by atoms with Gasteiger partial charge in [-0.05, 0) is 0 Å². The Morgan fingerprint density at radius 2 is 1.55 bits per heavy atom. The average Bonchev–Trinajstić information content (AvgIpc) is 2.63. The van der Waals surface area contributed by atoms with Gasteiger partial charge in [0.1, 0.15) is 0 Å². The maximum absolute atomic E-state index is 11.9. The molecule has 0 heterocycles. The summed E-state index contributed by atoms with van der Waals surface area (Å²) in [5.41, 5.74) is 0. The number of ether oxygens (including phenoxy) is 1. The second-order valence-corrected chi connectivity index (χ2v) is 11.6. The number of unbranched alkanes of at least 4 members (excludes halogenated alkanes) is 9. The predicted octanol–water partition coefficient (Wildman–Crippen LogP) is 5.34. The van der Waals surface area contributed by atoms with Crippen molar-refractivity contribution in [1.29, 1.82) is 0 Å². The van der Waals surface area contributed by atoms with Gasteiger partial charge in [-0.2, -0.15) is 0 Å². The van der Waals surface area contributed by atoms with Crippen molar-refractivity contribution in [3.8, 4) is 0 Å². The van der Waals surface area contributed by atoms with E-state index >= 15 is 0 Å². The number of esters is 1. The molecule has 8 heteroatoms. The molecule has 0 aromatic heterocycles. The molecule has 0 aliphatic carbocycles. The molecule has 6 nitrogen and oxygen atoms in total. The van der Waals surface area contributed by atoms with E-state index in [4.69, 9.17) is 9.29 Å². The van der Waals surface area contributed by atoms with Crippen LogP contribution in [0.1, 0.15) is 97.3 Å². The number of carbonyl (C=O) groups excluding carboxylic acids is 1. The SMILES string of the molecule is CCCCCCCC/C=C\CCCCC[CH]([K])CC(=O)OC(C)COS(=O)(=O)O. The molecule has 0 spiro atoms. The zero-order valence-electron chi connectivity index (χ0n) is 18.6. The van der Waals surface area contributed by atoms with Crippen molar-refractivity contribution in [3.05, 3.63) is 12.2 Å². The van der Waals surface area contributed by atoms with Crippen molar-refractivity contribution >= 4 is 65.3 Å². The number of allylic oxidation sites excluding steroid dienone is 2. The first-order valence-corrected chi connectivity index (χ1v) is 14.4. The third-order valence-corrected chi connectivity index (χ3v) is 6.73. The second-order valence-electron chi connectivity index (χ2n) is 7.99. The number of hydrogen-bond donors (Lipinski definition) is 1. The molecular formula is C21H39KO6S. The van der Waals surface area contributed by atoms with Gasteiger partial charge in [-0.25, -0.2) is 0 Å². The molecule has 0 fully saturated rings. The summed E-state index contributed by atoms with van der Waals surface area (Å²) >= 11 is 0.539. The van der Waals surface area contributed by atoms with E-state index in [-0.39, 0.29) is 12.6 Å². The molecule has 0 aromatic carbocycles. The Hall–Kier alpha value is 0.716. The van der Waals surface area contributed by atoms with E-state index in [2.05, 4.69) is 23.3 Å². The molecular weight excluding hydrogens is 419 g/mol. The van der Waals surface area contributed by atoms with E-state index in [0.717, 1.165) is 19.3 Å². The van der Waals surface area contributed by atoms with E-state index in [1.807, 2.05) is 0 Å². The standard InChI is InChI=1S/C21H39O6S.K/c1-3-4-5-6-7-8-9-10-11-12-13-14-15-16-17-18-21(22)27-20(2)19-26-28(23,24)25;/h10-11,17,20H,3-9,12-16,18-19H2,1-2H3,(H,23,24,25);/b11-10-;.